The fourth-order valence-electron chi connectivity index (χ4n) is 1.74. The van der Waals surface area contributed by atoms with Gasteiger partial charge in [-0.05, 0) is 47.5 Å². The molecule has 20 heavy (non-hydrogen) atoms. The highest BCUT2D eigenvalue weighted by Crippen LogP contribution is 2.25. The number of hydrogen-bond acceptors (Lipinski definition) is 4. The largest absolute Gasteiger partial charge is 0.462 e. The van der Waals surface area contributed by atoms with Crippen molar-refractivity contribution in [2.45, 2.75) is 20.0 Å². The Morgan fingerprint density at radius 2 is 2.30 bits per heavy atom. The molecule has 0 saturated carbocycles. The minimum atomic E-state index is -0.534. The summed E-state index contributed by atoms with van der Waals surface area (Å²) in [5.74, 6) is -0.393. The van der Waals surface area contributed by atoms with Crippen LogP contribution in [0.25, 0.3) is 5.69 Å². The molecule has 0 aliphatic carbocycles. The Kier molecular flexibility index (Phi) is 4.57. The van der Waals surface area contributed by atoms with Gasteiger partial charge in [0.05, 0.1) is 30.2 Å². The molecular formula is C14H15BrN2O3. The number of rotatable bonds is 4. The molecule has 106 valence electrons. The molecule has 0 bridgehead atoms. The van der Waals surface area contributed by atoms with E-state index in [9.17, 15) is 9.90 Å². The molecule has 5 nitrogen and oxygen atoms in total. The van der Waals surface area contributed by atoms with E-state index in [1.807, 2.05) is 18.2 Å². The van der Waals surface area contributed by atoms with Crippen molar-refractivity contribution in [3.8, 4) is 5.69 Å². The van der Waals surface area contributed by atoms with Crippen LogP contribution < -0.4 is 0 Å². The van der Waals surface area contributed by atoms with Crippen molar-refractivity contribution < 1.29 is 14.6 Å². The molecule has 2 aromatic rings. The number of aliphatic hydroxyl groups excluding tert-OH is 1. The normalized spacial score (nSPS) is 12.2. The second-order valence-corrected chi connectivity index (χ2v) is 5.14. The number of carbonyl (C=O) groups excluding carboxylic acids is 1. The van der Waals surface area contributed by atoms with Crippen LogP contribution in [-0.2, 0) is 4.74 Å². The van der Waals surface area contributed by atoms with Crippen LogP contribution in [0.3, 0.4) is 0 Å². The van der Waals surface area contributed by atoms with Gasteiger partial charge in [-0.2, -0.15) is 5.10 Å². The third-order valence-electron chi connectivity index (χ3n) is 2.79. The van der Waals surface area contributed by atoms with Crippen LogP contribution in [0.5, 0.6) is 0 Å². The van der Waals surface area contributed by atoms with E-state index in [2.05, 4.69) is 21.0 Å². The molecule has 0 aliphatic heterocycles. The zero-order chi connectivity index (χ0) is 14.7. The highest BCUT2D eigenvalue weighted by atomic mass is 79.9. The summed E-state index contributed by atoms with van der Waals surface area (Å²) in [5, 5.41) is 13.7. The van der Waals surface area contributed by atoms with Crippen LogP contribution in [0.15, 0.2) is 35.1 Å². The number of halogens is 1. The van der Waals surface area contributed by atoms with Gasteiger partial charge in [0, 0.05) is 10.7 Å². The van der Waals surface area contributed by atoms with Gasteiger partial charge in [-0.25, -0.2) is 9.48 Å². The maximum atomic E-state index is 11.6. The summed E-state index contributed by atoms with van der Waals surface area (Å²) < 4.78 is 7.29. The number of aliphatic hydroxyl groups is 1. The summed E-state index contributed by atoms with van der Waals surface area (Å²) in [6.45, 7) is 3.79. The second kappa shape index (κ2) is 6.19. The Hall–Kier alpha value is -1.66. The quantitative estimate of drug-likeness (QED) is 0.870. The molecule has 0 fully saturated rings. The van der Waals surface area contributed by atoms with Crippen LogP contribution in [-0.4, -0.2) is 27.5 Å². The fraction of sp³-hybridized carbons (Fsp3) is 0.286. The smallest absolute Gasteiger partial charge is 0.341 e. The van der Waals surface area contributed by atoms with Crippen molar-refractivity contribution in [2.75, 3.05) is 6.61 Å². The molecule has 0 amide bonds. The summed E-state index contributed by atoms with van der Waals surface area (Å²) in [7, 11) is 0. The molecule has 0 spiro atoms. The average molecular weight is 339 g/mol. The van der Waals surface area contributed by atoms with Crippen molar-refractivity contribution in [2.24, 2.45) is 0 Å². The number of aromatic nitrogens is 2. The second-order valence-electron chi connectivity index (χ2n) is 4.28. The lowest BCUT2D eigenvalue weighted by atomic mass is 10.1. The van der Waals surface area contributed by atoms with Gasteiger partial charge in [0.2, 0.25) is 0 Å². The van der Waals surface area contributed by atoms with Gasteiger partial charge in [0.15, 0.2) is 0 Å². The highest BCUT2D eigenvalue weighted by molar-refractivity contribution is 9.10. The number of nitrogens with zero attached hydrogens (tertiary/aromatic N) is 2. The fourth-order valence-corrected chi connectivity index (χ4v) is 2.32. The summed E-state index contributed by atoms with van der Waals surface area (Å²) >= 11 is 3.44. The number of esters is 1. The third kappa shape index (κ3) is 3.08. The zero-order valence-corrected chi connectivity index (χ0v) is 12.8. The maximum absolute atomic E-state index is 11.6. The van der Waals surface area contributed by atoms with Crippen molar-refractivity contribution in [1.29, 1.82) is 0 Å². The molecule has 0 radical (unpaired) electrons. The SMILES string of the molecule is CCOC(=O)c1cnn(-c2ccc(C(C)O)cc2Br)c1. The summed E-state index contributed by atoms with van der Waals surface area (Å²) in [5.41, 5.74) is 1.99. The van der Waals surface area contributed by atoms with Crippen LogP contribution in [0.4, 0.5) is 0 Å². The van der Waals surface area contributed by atoms with E-state index in [-0.39, 0.29) is 0 Å². The highest BCUT2D eigenvalue weighted by Gasteiger charge is 2.12. The standard InChI is InChI=1S/C14H15BrN2O3/c1-3-20-14(19)11-7-16-17(8-11)13-5-4-10(9(2)18)6-12(13)15/h4-9,18H,3H2,1-2H3. The molecule has 1 N–H and O–H groups in total. The summed E-state index contributed by atoms with van der Waals surface area (Å²) in [6, 6.07) is 5.47. The van der Waals surface area contributed by atoms with Gasteiger partial charge in [0.1, 0.15) is 0 Å². The van der Waals surface area contributed by atoms with Gasteiger partial charge in [0.25, 0.3) is 0 Å². The predicted molar refractivity (Wildman–Crippen MR) is 77.9 cm³/mol. The van der Waals surface area contributed by atoms with Crippen molar-refractivity contribution in [1.82, 2.24) is 9.78 Å². The van der Waals surface area contributed by atoms with E-state index < -0.39 is 12.1 Å². The van der Waals surface area contributed by atoms with Gasteiger partial charge in [-0.15, -0.1) is 0 Å². The lowest BCUT2D eigenvalue weighted by Crippen LogP contribution is -2.03. The molecule has 1 heterocycles. The molecule has 1 atom stereocenters. The Balaban J connectivity index is 2.30. The predicted octanol–water partition coefficient (Wildman–Crippen LogP) is 2.86. The lowest BCUT2D eigenvalue weighted by molar-refractivity contribution is 0.0526. The maximum Gasteiger partial charge on any atom is 0.341 e. The van der Waals surface area contributed by atoms with E-state index in [1.54, 1.807) is 24.7 Å². The van der Waals surface area contributed by atoms with E-state index in [1.165, 1.54) is 6.20 Å². The molecule has 6 heteroatoms. The minimum Gasteiger partial charge on any atom is -0.462 e. The first-order chi connectivity index (χ1) is 9.52. The first-order valence-corrected chi connectivity index (χ1v) is 7.02. The van der Waals surface area contributed by atoms with Crippen LogP contribution in [0, 0.1) is 0 Å². The minimum absolute atomic E-state index is 0.330. The summed E-state index contributed by atoms with van der Waals surface area (Å²) in [4.78, 5) is 11.6. The van der Waals surface area contributed by atoms with Crippen molar-refractivity contribution >= 4 is 21.9 Å². The molecule has 1 aromatic carbocycles. The molecule has 1 aromatic heterocycles. The Bertz CT molecular complexity index is 623. The molecule has 0 saturated heterocycles. The number of hydrogen-bond donors (Lipinski definition) is 1. The third-order valence-corrected chi connectivity index (χ3v) is 3.43. The van der Waals surface area contributed by atoms with Gasteiger partial charge in [-0.3, -0.25) is 0 Å². The number of ether oxygens (including phenoxy) is 1. The van der Waals surface area contributed by atoms with E-state index in [0.29, 0.717) is 12.2 Å². The zero-order valence-electron chi connectivity index (χ0n) is 11.2. The Labute approximate surface area is 125 Å². The van der Waals surface area contributed by atoms with Gasteiger partial charge >= 0.3 is 5.97 Å². The first kappa shape index (κ1) is 14.7. The number of benzene rings is 1. The topological polar surface area (TPSA) is 64.3 Å². The van der Waals surface area contributed by atoms with E-state index in [4.69, 9.17) is 4.74 Å². The van der Waals surface area contributed by atoms with E-state index in [0.717, 1.165) is 15.7 Å². The summed E-state index contributed by atoms with van der Waals surface area (Å²) in [6.07, 6.45) is 2.54. The van der Waals surface area contributed by atoms with Gasteiger partial charge in [-0.1, -0.05) is 6.07 Å². The van der Waals surface area contributed by atoms with Crippen LogP contribution >= 0.6 is 15.9 Å². The first-order valence-electron chi connectivity index (χ1n) is 6.22. The van der Waals surface area contributed by atoms with Crippen molar-refractivity contribution in [3.63, 3.8) is 0 Å². The van der Waals surface area contributed by atoms with Crippen LogP contribution in [0.1, 0.15) is 35.9 Å². The molecule has 2 rings (SSSR count). The van der Waals surface area contributed by atoms with Gasteiger partial charge < -0.3 is 9.84 Å². The Morgan fingerprint density at radius 1 is 1.55 bits per heavy atom. The Morgan fingerprint density at radius 3 is 2.90 bits per heavy atom. The van der Waals surface area contributed by atoms with E-state index >= 15 is 0 Å². The number of carbonyl (C=O) groups is 1. The van der Waals surface area contributed by atoms with Crippen LogP contribution in [0.2, 0.25) is 0 Å². The monoisotopic (exact) mass is 338 g/mol. The molecule has 1 unspecified atom stereocenters. The van der Waals surface area contributed by atoms with Crippen molar-refractivity contribution in [3.05, 3.63) is 46.2 Å². The average Bonchev–Trinajstić information content (AvgIpc) is 2.88. The molecular weight excluding hydrogens is 324 g/mol. The lowest BCUT2D eigenvalue weighted by Gasteiger charge is -2.09. The molecule has 0 aliphatic rings.